The van der Waals surface area contributed by atoms with Crippen LogP contribution >= 0.6 is 0 Å². The molecule has 0 bridgehead atoms. The van der Waals surface area contributed by atoms with Crippen LogP contribution in [0.5, 0.6) is 5.75 Å². The molecule has 3 unspecified atom stereocenters. The second kappa shape index (κ2) is 5.68. The van der Waals surface area contributed by atoms with E-state index in [4.69, 9.17) is 10.5 Å². The van der Waals surface area contributed by atoms with Crippen LogP contribution in [0.2, 0.25) is 0 Å². The van der Waals surface area contributed by atoms with Crippen LogP contribution in [-0.4, -0.2) is 18.1 Å². The van der Waals surface area contributed by atoms with Gasteiger partial charge in [-0.15, -0.1) is 0 Å². The number of hydrogen-bond acceptors (Lipinski definition) is 3. The number of rotatable bonds is 2. The van der Waals surface area contributed by atoms with Crippen molar-refractivity contribution in [2.75, 3.05) is 6.61 Å². The zero-order valence-corrected chi connectivity index (χ0v) is 12.6. The lowest BCUT2D eigenvalue weighted by molar-refractivity contribution is -0.129. The SMILES string of the molecule is CC1(N)CCCCC1C(=O)NC1CCOc2ccccc21. The summed E-state index contributed by atoms with van der Waals surface area (Å²) >= 11 is 0. The first-order chi connectivity index (χ1) is 10.1. The summed E-state index contributed by atoms with van der Waals surface area (Å²) in [5, 5.41) is 3.20. The summed E-state index contributed by atoms with van der Waals surface area (Å²) in [6.45, 7) is 2.65. The van der Waals surface area contributed by atoms with Gasteiger partial charge < -0.3 is 15.8 Å². The van der Waals surface area contributed by atoms with Crippen molar-refractivity contribution in [2.24, 2.45) is 11.7 Å². The molecule has 2 aliphatic rings. The molecular formula is C17H24N2O2. The molecule has 0 aromatic heterocycles. The summed E-state index contributed by atoms with van der Waals surface area (Å²) in [7, 11) is 0. The molecule has 3 N–H and O–H groups in total. The second-order valence-corrected chi connectivity index (χ2v) is 6.54. The minimum atomic E-state index is -0.382. The van der Waals surface area contributed by atoms with E-state index in [-0.39, 0.29) is 23.4 Å². The highest BCUT2D eigenvalue weighted by atomic mass is 16.5. The van der Waals surface area contributed by atoms with Crippen LogP contribution in [0.25, 0.3) is 0 Å². The van der Waals surface area contributed by atoms with Crippen molar-refractivity contribution in [2.45, 2.75) is 50.6 Å². The molecule has 1 aromatic rings. The molecule has 4 nitrogen and oxygen atoms in total. The third-order valence-electron chi connectivity index (χ3n) is 4.85. The molecule has 1 aromatic carbocycles. The summed E-state index contributed by atoms with van der Waals surface area (Å²) in [6.07, 6.45) is 4.85. The molecule has 0 saturated heterocycles. The third kappa shape index (κ3) is 2.91. The van der Waals surface area contributed by atoms with Gasteiger partial charge >= 0.3 is 0 Å². The van der Waals surface area contributed by atoms with Crippen LogP contribution in [-0.2, 0) is 4.79 Å². The first-order valence-electron chi connectivity index (χ1n) is 7.89. The summed E-state index contributed by atoms with van der Waals surface area (Å²) in [6, 6.07) is 7.98. The Labute approximate surface area is 126 Å². The first-order valence-corrected chi connectivity index (χ1v) is 7.89. The molecule has 0 spiro atoms. The molecule has 1 heterocycles. The average molecular weight is 288 g/mol. The molecular weight excluding hydrogens is 264 g/mol. The number of para-hydroxylation sites is 1. The van der Waals surface area contributed by atoms with Gasteiger partial charge in [-0.1, -0.05) is 31.0 Å². The monoisotopic (exact) mass is 288 g/mol. The predicted molar refractivity (Wildman–Crippen MR) is 82.0 cm³/mol. The fourth-order valence-electron chi connectivity index (χ4n) is 3.55. The number of ether oxygens (including phenoxy) is 1. The largest absolute Gasteiger partial charge is 0.493 e. The highest BCUT2D eigenvalue weighted by Gasteiger charge is 2.38. The average Bonchev–Trinajstić information content (AvgIpc) is 2.47. The lowest BCUT2D eigenvalue weighted by Gasteiger charge is -2.38. The Hall–Kier alpha value is -1.55. The molecule has 1 amide bonds. The summed E-state index contributed by atoms with van der Waals surface area (Å²) < 4.78 is 5.65. The van der Waals surface area contributed by atoms with Gasteiger partial charge in [-0.2, -0.15) is 0 Å². The molecule has 1 fully saturated rings. The number of hydrogen-bond donors (Lipinski definition) is 2. The zero-order chi connectivity index (χ0) is 14.9. The van der Waals surface area contributed by atoms with Crippen LogP contribution < -0.4 is 15.8 Å². The second-order valence-electron chi connectivity index (χ2n) is 6.54. The van der Waals surface area contributed by atoms with Crippen molar-refractivity contribution in [1.82, 2.24) is 5.32 Å². The highest BCUT2D eigenvalue weighted by Crippen LogP contribution is 2.35. The van der Waals surface area contributed by atoms with E-state index in [9.17, 15) is 4.79 Å². The van der Waals surface area contributed by atoms with Gasteiger partial charge in [-0.25, -0.2) is 0 Å². The van der Waals surface area contributed by atoms with Crippen LogP contribution in [0.15, 0.2) is 24.3 Å². The smallest absolute Gasteiger partial charge is 0.225 e. The van der Waals surface area contributed by atoms with Crippen molar-refractivity contribution >= 4 is 5.91 Å². The molecule has 1 saturated carbocycles. The number of carbonyl (C=O) groups excluding carboxylic acids is 1. The fourth-order valence-corrected chi connectivity index (χ4v) is 3.55. The van der Waals surface area contributed by atoms with Gasteiger partial charge in [-0.05, 0) is 25.8 Å². The minimum absolute atomic E-state index is 0.0418. The molecule has 3 rings (SSSR count). The third-order valence-corrected chi connectivity index (χ3v) is 4.85. The Balaban J connectivity index is 1.74. The number of fused-ring (bicyclic) bond motifs is 1. The molecule has 1 aliphatic carbocycles. The fraction of sp³-hybridized carbons (Fsp3) is 0.588. The maximum Gasteiger partial charge on any atom is 0.225 e. The van der Waals surface area contributed by atoms with E-state index in [0.717, 1.165) is 43.4 Å². The first kappa shape index (κ1) is 14.4. The van der Waals surface area contributed by atoms with Crippen molar-refractivity contribution < 1.29 is 9.53 Å². The standard InChI is InChI=1S/C17H24N2O2/c1-17(18)10-5-4-7-13(17)16(20)19-14-9-11-21-15-8-3-2-6-12(14)15/h2-3,6,8,13-14H,4-5,7,9-11,18H2,1H3,(H,19,20). The van der Waals surface area contributed by atoms with E-state index >= 15 is 0 Å². The van der Waals surface area contributed by atoms with Crippen LogP contribution in [0, 0.1) is 5.92 Å². The summed E-state index contributed by atoms with van der Waals surface area (Å²) in [4.78, 5) is 12.7. The number of carbonyl (C=O) groups is 1. The molecule has 114 valence electrons. The highest BCUT2D eigenvalue weighted by molar-refractivity contribution is 5.80. The summed E-state index contributed by atoms with van der Waals surface area (Å²) in [5.41, 5.74) is 7.03. The van der Waals surface area contributed by atoms with Crippen molar-refractivity contribution in [3.63, 3.8) is 0 Å². The Morgan fingerprint density at radius 2 is 2.14 bits per heavy atom. The lowest BCUT2D eigenvalue weighted by atomic mass is 9.74. The lowest BCUT2D eigenvalue weighted by Crippen LogP contribution is -2.53. The number of benzene rings is 1. The summed E-state index contributed by atoms with van der Waals surface area (Å²) in [5.74, 6) is 0.899. The topological polar surface area (TPSA) is 64.4 Å². The van der Waals surface area contributed by atoms with Gasteiger partial charge in [-0.3, -0.25) is 4.79 Å². The molecule has 4 heteroatoms. The van der Waals surface area contributed by atoms with E-state index < -0.39 is 0 Å². The van der Waals surface area contributed by atoms with Gasteiger partial charge in [0, 0.05) is 17.5 Å². The van der Waals surface area contributed by atoms with Crippen molar-refractivity contribution in [3.05, 3.63) is 29.8 Å². The Morgan fingerprint density at radius 3 is 2.95 bits per heavy atom. The predicted octanol–water partition coefficient (Wildman–Crippen LogP) is 2.53. The van der Waals surface area contributed by atoms with E-state index in [0.29, 0.717) is 6.61 Å². The molecule has 0 radical (unpaired) electrons. The van der Waals surface area contributed by atoms with E-state index in [1.807, 2.05) is 31.2 Å². The van der Waals surface area contributed by atoms with Gasteiger partial charge in [0.25, 0.3) is 0 Å². The number of nitrogens with one attached hydrogen (secondary N) is 1. The van der Waals surface area contributed by atoms with Gasteiger partial charge in [0.1, 0.15) is 5.75 Å². The van der Waals surface area contributed by atoms with E-state index in [2.05, 4.69) is 5.32 Å². The molecule has 21 heavy (non-hydrogen) atoms. The normalized spacial score (nSPS) is 31.9. The Kier molecular flexibility index (Phi) is 3.89. The number of amides is 1. The Bertz CT molecular complexity index is 527. The van der Waals surface area contributed by atoms with Crippen LogP contribution in [0.1, 0.15) is 50.6 Å². The van der Waals surface area contributed by atoms with Crippen LogP contribution in [0.4, 0.5) is 0 Å². The zero-order valence-electron chi connectivity index (χ0n) is 12.6. The van der Waals surface area contributed by atoms with Gasteiger partial charge in [0.15, 0.2) is 0 Å². The number of nitrogens with two attached hydrogens (primary N) is 1. The van der Waals surface area contributed by atoms with E-state index in [1.165, 1.54) is 0 Å². The van der Waals surface area contributed by atoms with Crippen molar-refractivity contribution in [3.8, 4) is 5.75 Å². The quantitative estimate of drug-likeness (QED) is 0.879. The molecule has 1 aliphatic heterocycles. The molecule has 3 atom stereocenters. The maximum atomic E-state index is 12.7. The van der Waals surface area contributed by atoms with Gasteiger partial charge in [0.2, 0.25) is 5.91 Å². The van der Waals surface area contributed by atoms with Crippen LogP contribution in [0.3, 0.4) is 0 Å². The van der Waals surface area contributed by atoms with Gasteiger partial charge in [0.05, 0.1) is 18.6 Å². The van der Waals surface area contributed by atoms with E-state index in [1.54, 1.807) is 0 Å². The van der Waals surface area contributed by atoms with Crippen molar-refractivity contribution in [1.29, 1.82) is 0 Å². The Morgan fingerprint density at radius 1 is 1.33 bits per heavy atom. The minimum Gasteiger partial charge on any atom is -0.493 e. The maximum absolute atomic E-state index is 12.7.